The number of alkyl halides is 3. The smallest absolute Gasteiger partial charge is 0.416 e. The molecule has 0 unspecified atom stereocenters. The standard InChI is InChI=1S/C11H9F3O4/c12-11(13,14)8-3-1-2-7(4-8)6-18-10(17)5-9(15)16/h1-4H,5-6H2,(H,15,16)/p-1. The van der Waals surface area contributed by atoms with Crippen LogP contribution in [0.4, 0.5) is 13.2 Å². The molecular formula is C11H8F3O4-. The number of carbonyl (C=O) groups excluding carboxylic acids is 2. The molecule has 98 valence electrons. The van der Waals surface area contributed by atoms with Crippen LogP contribution in [-0.4, -0.2) is 11.9 Å². The van der Waals surface area contributed by atoms with E-state index >= 15 is 0 Å². The molecule has 0 aromatic heterocycles. The molecule has 0 heterocycles. The molecule has 0 atom stereocenters. The molecule has 0 fully saturated rings. The van der Waals surface area contributed by atoms with E-state index in [0.29, 0.717) is 0 Å². The van der Waals surface area contributed by atoms with Gasteiger partial charge in [0.15, 0.2) is 0 Å². The van der Waals surface area contributed by atoms with Crippen molar-refractivity contribution in [2.45, 2.75) is 19.2 Å². The van der Waals surface area contributed by atoms with Crippen molar-refractivity contribution in [1.29, 1.82) is 0 Å². The molecule has 0 aliphatic heterocycles. The van der Waals surface area contributed by atoms with E-state index in [1.165, 1.54) is 12.1 Å². The van der Waals surface area contributed by atoms with Gasteiger partial charge in [0.25, 0.3) is 0 Å². The Hall–Kier alpha value is -2.05. The second kappa shape index (κ2) is 5.52. The van der Waals surface area contributed by atoms with Crippen molar-refractivity contribution in [2.75, 3.05) is 0 Å². The number of hydrogen-bond donors (Lipinski definition) is 0. The van der Waals surface area contributed by atoms with Crippen LogP contribution < -0.4 is 5.11 Å². The second-order valence-corrected chi connectivity index (χ2v) is 3.41. The lowest BCUT2D eigenvalue weighted by atomic mass is 10.1. The van der Waals surface area contributed by atoms with Crippen LogP contribution in [0.5, 0.6) is 0 Å². The maximum atomic E-state index is 12.3. The predicted octanol–water partition coefficient (Wildman–Crippen LogP) is 0.889. The summed E-state index contributed by atoms with van der Waals surface area (Å²) in [6.07, 6.45) is -5.41. The van der Waals surface area contributed by atoms with Gasteiger partial charge >= 0.3 is 12.1 Å². The molecule has 0 bridgehead atoms. The third-order valence-corrected chi connectivity index (χ3v) is 1.94. The number of carboxylic acids is 1. The van der Waals surface area contributed by atoms with E-state index in [0.717, 1.165) is 12.1 Å². The fourth-order valence-corrected chi connectivity index (χ4v) is 1.17. The molecule has 0 aliphatic carbocycles. The Morgan fingerprint density at radius 2 is 1.94 bits per heavy atom. The summed E-state index contributed by atoms with van der Waals surface area (Å²) in [5.41, 5.74) is -0.743. The highest BCUT2D eigenvalue weighted by Crippen LogP contribution is 2.29. The summed E-state index contributed by atoms with van der Waals surface area (Å²) in [6, 6.07) is 4.21. The fraction of sp³-hybridized carbons (Fsp3) is 0.273. The van der Waals surface area contributed by atoms with E-state index in [9.17, 15) is 27.9 Å². The zero-order chi connectivity index (χ0) is 13.8. The first-order chi connectivity index (χ1) is 8.29. The average Bonchev–Trinajstić information content (AvgIpc) is 2.25. The molecular weight excluding hydrogens is 253 g/mol. The number of carboxylic acid groups (broad SMARTS) is 1. The van der Waals surface area contributed by atoms with Crippen LogP contribution in [0.3, 0.4) is 0 Å². The summed E-state index contributed by atoms with van der Waals surface area (Å²) in [5, 5.41) is 10.0. The van der Waals surface area contributed by atoms with Gasteiger partial charge in [-0.3, -0.25) is 4.79 Å². The number of benzene rings is 1. The molecule has 1 rings (SSSR count). The molecule has 1 aromatic rings. The fourth-order valence-electron chi connectivity index (χ4n) is 1.17. The Morgan fingerprint density at radius 3 is 2.50 bits per heavy atom. The molecule has 0 aliphatic rings. The van der Waals surface area contributed by atoms with Crippen molar-refractivity contribution in [1.82, 2.24) is 0 Å². The summed E-state index contributed by atoms with van der Waals surface area (Å²) in [7, 11) is 0. The molecule has 0 radical (unpaired) electrons. The highest BCUT2D eigenvalue weighted by molar-refractivity contribution is 5.88. The van der Waals surface area contributed by atoms with Gasteiger partial charge in [0, 0.05) is 0 Å². The largest absolute Gasteiger partial charge is 0.550 e. The van der Waals surface area contributed by atoms with Crippen LogP contribution in [-0.2, 0) is 27.1 Å². The van der Waals surface area contributed by atoms with Crippen molar-refractivity contribution in [3.63, 3.8) is 0 Å². The van der Waals surface area contributed by atoms with Crippen LogP contribution in [0.25, 0.3) is 0 Å². The lowest BCUT2D eigenvalue weighted by molar-refractivity contribution is -0.305. The van der Waals surface area contributed by atoms with Gasteiger partial charge in [-0.05, 0) is 17.7 Å². The first-order valence-electron chi connectivity index (χ1n) is 4.80. The molecule has 4 nitrogen and oxygen atoms in total. The van der Waals surface area contributed by atoms with Gasteiger partial charge in [-0.25, -0.2) is 0 Å². The van der Waals surface area contributed by atoms with Crippen molar-refractivity contribution in [3.8, 4) is 0 Å². The molecule has 0 N–H and O–H groups in total. The van der Waals surface area contributed by atoms with E-state index in [1.54, 1.807) is 0 Å². The van der Waals surface area contributed by atoms with Crippen molar-refractivity contribution in [2.24, 2.45) is 0 Å². The summed E-state index contributed by atoms with van der Waals surface area (Å²) in [6.45, 7) is -0.421. The van der Waals surface area contributed by atoms with E-state index in [1.807, 2.05) is 0 Å². The van der Waals surface area contributed by atoms with Gasteiger partial charge in [0.1, 0.15) is 6.61 Å². The first kappa shape index (κ1) is 14.0. The van der Waals surface area contributed by atoms with Gasteiger partial charge in [-0.2, -0.15) is 13.2 Å². The van der Waals surface area contributed by atoms with Gasteiger partial charge in [-0.15, -0.1) is 0 Å². The Bertz CT molecular complexity index is 454. The molecule has 0 saturated heterocycles. The number of carbonyl (C=O) groups is 2. The van der Waals surface area contributed by atoms with Crippen LogP contribution in [0.15, 0.2) is 24.3 Å². The first-order valence-corrected chi connectivity index (χ1v) is 4.80. The second-order valence-electron chi connectivity index (χ2n) is 3.41. The van der Waals surface area contributed by atoms with Gasteiger partial charge in [-0.1, -0.05) is 12.1 Å². The summed E-state index contributed by atoms with van der Waals surface area (Å²) >= 11 is 0. The maximum absolute atomic E-state index is 12.3. The number of rotatable bonds is 4. The Morgan fingerprint density at radius 1 is 1.28 bits per heavy atom. The number of hydrogen-bond acceptors (Lipinski definition) is 4. The van der Waals surface area contributed by atoms with Crippen LogP contribution in [0.2, 0.25) is 0 Å². The van der Waals surface area contributed by atoms with E-state index < -0.39 is 36.7 Å². The molecule has 0 amide bonds. The van der Waals surface area contributed by atoms with E-state index in [-0.39, 0.29) is 5.56 Å². The Labute approximate surface area is 100.0 Å². The molecule has 1 aromatic carbocycles. The maximum Gasteiger partial charge on any atom is 0.416 e. The zero-order valence-electron chi connectivity index (χ0n) is 8.99. The average molecular weight is 261 g/mol. The minimum Gasteiger partial charge on any atom is -0.550 e. The van der Waals surface area contributed by atoms with Gasteiger partial charge < -0.3 is 14.6 Å². The Kier molecular flexibility index (Phi) is 4.30. The number of esters is 1. The van der Waals surface area contributed by atoms with Crippen LogP contribution in [0.1, 0.15) is 17.5 Å². The Balaban J connectivity index is 2.63. The monoisotopic (exact) mass is 261 g/mol. The van der Waals surface area contributed by atoms with E-state index in [4.69, 9.17) is 0 Å². The highest BCUT2D eigenvalue weighted by atomic mass is 19.4. The number of halogens is 3. The molecule has 7 heteroatoms. The minimum atomic E-state index is -4.48. The summed E-state index contributed by atoms with van der Waals surface area (Å²) in [4.78, 5) is 20.9. The lowest BCUT2D eigenvalue weighted by Gasteiger charge is -2.09. The zero-order valence-corrected chi connectivity index (χ0v) is 8.99. The van der Waals surface area contributed by atoms with Gasteiger partial charge in [0.2, 0.25) is 0 Å². The normalized spacial score (nSPS) is 11.1. The van der Waals surface area contributed by atoms with Crippen molar-refractivity contribution >= 4 is 11.9 Å². The quantitative estimate of drug-likeness (QED) is 0.596. The predicted molar refractivity (Wildman–Crippen MR) is 50.9 cm³/mol. The van der Waals surface area contributed by atoms with E-state index in [2.05, 4.69) is 4.74 Å². The van der Waals surface area contributed by atoms with Gasteiger partial charge in [0.05, 0.1) is 18.0 Å². The molecule has 0 saturated carbocycles. The van der Waals surface area contributed by atoms with Crippen molar-refractivity contribution in [3.05, 3.63) is 35.4 Å². The van der Waals surface area contributed by atoms with Crippen molar-refractivity contribution < 1.29 is 32.6 Å². The minimum absolute atomic E-state index is 0.122. The summed E-state index contributed by atoms with van der Waals surface area (Å²) < 4.78 is 41.5. The van der Waals surface area contributed by atoms with Crippen LogP contribution in [0, 0.1) is 0 Å². The molecule has 0 spiro atoms. The SMILES string of the molecule is O=C([O-])CC(=O)OCc1cccc(C(F)(F)F)c1. The third kappa shape index (κ3) is 4.44. The lowest BCUT2D eigenvalue weighted by Crippen LogP contribution is -2.26. The third-order valence-electron chi connectivity index (χ3n) is 1.94. The summed E-state index contributed by atoms with van der Waals surface area (Å²) in [5.74, 6) is -2.67. The molecule has 18 heavy (non-hydrogen) atoms. The topological polar surface area (TPSA) is 66.4 Å². The number of aliphatic carboxylic acids is 1. The number of ether oxygens (including phenoxy) is 1. The highest BCUT2D eigenvalue weighted by Gasteiger charge is 2.30. The van der Waals surface area contributed by atoms with Crippen LogP contribution >= 0.6 is 0 Å².